The Hall–Kier alpha value is -2.13. The summed E-state index contributed by atoms with van der Waals surface area (Å²) in [5.74, 6) is -1.10. The van der Waals surface area contributed by atoms with E-state index in [-0.39, 0.29) is 34.2 Å². The normalized spacial score (nSPS) is 12.8. The standard InChI is InChI=1S/C17H26N2O6S/c1-10(2)19(11(3)4)16(20)12(5)25-17(21)14-9-13(26(18,22)23)7-8-15(14)24-6/h7-12H,1-6H3,(H2,18,22,23)/t12-/m1/s1. The fourth-order valence-corrected chi connectivity index (χ4v) is 3.15. The zero-order chi connectivity index (χ0) is 20.2. The zero-order valence-electron chi connectivity index (χ0n) is 15.8. The largest absolute Gasteiger partial charge is 0.496 e. The Balaban J connectivity index is 3.12. The first-order chi connectivity index (χ1) is 11.9. The molecule has 0 spiro atoms. The Kier molecular flexibility index (Phi) is 7.16. The molecule has 0 aromatic heterocycles. The molecule has 2 N–H and O–H groups in total. The number of nitrogens with two attached hydrogens (primary N) is 1. The van der Waals surface area contributed by atoms with E-state index in [1.54, 1.807) is 4.90 Å². The Morgan fingerprint density at radius 2 is 1.62 bits per heavy atom. The zero-order valence-corrected chi connectivity index (χ0v) is 16.7. The number of sulfonamides is 1. The van der Waals surface area contributed by atoms with Crippen molar-refractivity contribution in [3.8, 4) is 5.75 Å². The second kappa shape index (κ2) is 8.50. The molecule has 1 atom stereocenters. The molecule has 0 radical (unpaired) electrons. The van der Waals surface area contributed by atoms with Gasteiger partial charge in [0.25, 0.3) is 5.91 Å². The average molecular weight is 386 g/mol. The number of hydrogen-bond donors (Lipinski definition) is 1. The molecule has 0 saturated carbocycles. The van der Waals surface area contributed by atoms with Gasteiger partial charge in [-0.3, -0.25) is 4.79 Å². The van der Waals surface area contributed by atoms with E-state index in [4.69, 9.17) is 14.6 Å². The van der Waals surface area contributed by atoms with Crippen LogP contribution in [0.5, 0.6) is 5.75 Å². The molecule has 0 fully saturated rings. The molecule has 9 heteroatoms. The molecule has 0 aliphatic heterocycles. The minimum atomic E-state index is -4.00. The highest BCUT2D eigenvalue weighted by molar-refractivity contribution is 7.89. The quantitative estimate of drug-likeness (QED) is 0.711. The van der Waals surface area contributed by atoms with Crippen molar-refractivity contribution in [2.24, 2.45) is 5.14 Å². The van der Waals surface area contributed by atoms with E-state index in [1.165, 1.54) is 26.2 Å². The Morgan fingerprint density at radius 3 is 2.04 bits per heavy atom. The maximum absolute atomic E-state index is 12.6. The van der Waals surface area contributed by atoms with Gasteiger partial charge >= 0.3 is 5.97 Å². The van der Waals surface area contributed by atoms with Crippen LogP contribution < -0.4 is 9.88 Å². The van der Waals surface area contributed by atoms with Crippen LogP contribution in [0.25, 0.3) is 0 Å². The van der Waals surface area contributed by atoms with Crippen molar-refractivity contribution in [1.82, 2.24) is 4.90 Å². The van der Waals surface area contributed by atoms with Gasteiger partial charge in [0.15, 0.2) is 6.10 Å². The number of ether oxygens (including phenoxy) is 2. The number of amides is 1. The molecule has 0 bridgehead atoms. The third-order valence-electron chi connectivity index (χ3n) is 3.72. The molecule has 1 rings (SSSR count). The molecule has 0 aliphatic carbocycles. The average Bonchev–Trinajstić information content (AvgIpc) is 2.52. The van der Waals surface area contributed by atoms with E-state index in [1.807, 2.05) is 27.7 Å². The molecule has 0 saturated heterocycles. The van der Waals surface area contributed by atoms with E-state index in [0.717, 1.165) is 6.07 Å². The van der Waals surface area contributed by atoms with Crippen molar-refractivity contribution < 1.29 is 27.5 Å². The summed E-state index contributed by atoms with van der Waals surface area (Å²) in [6.07, 6.45) is -1.05. The van der Waals surface area contributed by atoms with Gasteiger partial charge in [-0.05, 0) is 52.8 Å². The van der Waals surface area contributed by atoms with Crippen molar-refractivity contribution in [2.75, 3.05) is 7.11 Å². The number of esters is 1. The molecule has 0 heterocycles. The van der Waals surface area contributed by atoms with E-state index in [9.17, 15) is 18.0 Å². The third kappa shape index (κ3) is 5.18. The summed E-state index contributed by atoms with van der Waals surface area (Å²) >= 11 is 0. The SMILES string of the molecule is COc1ccc(S(N)(=O)=O)cc1C(=O)O[C@H](C)C(=O)N(C(C)C)C(C)C. The van der Waals surface area contributed by atoms with Gasteiger partial charge < -0.3 is 14.4 Å². The van der Waals surface area contributed by atoms with Gasteiger partial charge in [0.2, 0.25) is 10.0 Å². The number of carbonyl (C=O) groups excluding carboxylic acids is 2. The minimum Gasteiger partial charge on any atom is -0.496 e. The smallest absolute Gasteiger partial charge is 0.342 e. The van der Waals surface area contributed by atoms with E-state index in [2.05, 4.69) is 0 Å². The van der Waals surface area contributed by atoms with Crippen LogP contribution in [0.1, 0.15) is 45.0 Å². The predicted octanol–water partition coefficient (Wildman–Crippen LogP) is 1.53. The molecule has 26 heavy (non-hydrogen) atoms. The Labute approximate surface area is 154 Å². The van der Waals surface area contributed by atoms with Crippen LogP contribution >= 0.6 is 0 Å². The molecule has 0 aliphatic rings. The molecule has 1 aromatic carbocycles. The predicted molar refractivity (Wildman–Crippen MR) is 96.4 cm³/mol. The second-order valence-electron chi connectivity index (χ2n) is 6.39. The van der Waals surface area contributed by atoms with Crippen molar-refractivity contribution in [1.29, 1.82) is 0 Å². The first-order valence-corrected chi connectivity index (χ1v) is 9.68. The summed E-state index contributed by atoms with van der Waals surface area (Å²) in [6, 6.07) is 3.46. The minimum absolute atomic E-state index is 0.0658. The van der Waals surface area contributed by atoms with Crippen LogP contribution in [-0.2, 0) is 19.6 Å². The summed E-state index contributed by atoms with van der Waals surface area (Å²) in [6.45, 7) is 8.93. The van der Waals surface area contributed by atoms with Gasteiger partial charge in [-0.2, -0.15) is 0 Å². The number of benzene rings is 1. The number of nitrogens with zero attached hydrogens (tertiary/aromatic N) is 1. The highest BCUT2D eigenvalue weighted by atomic mass is 32.2. The molecule has 146 valence electrons. The Morgan fingerprint density at radius 1 is 1.08 bits per heavy atom. The molecular formula is C17H26N2O6S. The molecule has 1 amide bonds. The van der Waals surface area contributed by atoms with Crippen molar-refractivity contribution in [3.63, 3.8) is 0 Å². The lowest BCUT2D eigenvalue weighted by atomic mass is 10.2. The first-order valence-electron chi connectivity index (χ1n) is 8.14. The second-order valence-corrected chi connectivity index (χ2v) is 7.95. The van der Waals surface area contributed by atoms with Gasteiger partial charge in [0.1, 0.15) is 11.3 Å². The lowest BCUT2D eigenvalue weighted by Crippen LogP contribution is -2.47. The van der Waals surface area contributed by atoms with E-state index < -0.39 is 22.1 Å². The topological polar surface area (TPSA) is 116 Å². The van der Waals surface area contributed by atoms with Crippen molar-refractivity contribution in [3.05, 3.63) is 23.8 Å². The van der Waals surface area contributed by atoms with Gasteiger partial charge in [0.05, 0.1) is 12.0 Å². The lowest BCUT2D eigenvalue weighted by molar-refractivity contribution is -0.143. The number of methoxy groups -OCH3 is 1. The summed E-state index contributed by atoms with van der Waals surface area (Å²) in [7, 11) is -2.67. The highest BCUT2D eigenvalue weighted by Crippen LogP contribution is 2.23. The van der Waals surface area contributed by atoms with Gasteiger partial charge in [-0.1, -0.05) is 0 Å². The van der Waals surface area contributed by atoms with Crippen LogP contribution in [0.4, 0.5) is 0 Å². The summed E-state index contributed by atoms with van der Waals surface area (Å²) in [4.78, 5) is 26.4. The number of carbonyl (C=O) groups is 2. The van der Waals surface area contributed by atoms with Crippen LogP contribution in [0, 0.1) is 0 Å². The van der Waals surface area contributed by atoms with Crippen molar-refractivity contribution in [2.45, 2.75) is 57.7 Å². The summed E-state index contributed by atoms with van der Waals surface area (Å²) < 4.78 is 33.3. The first kappa shape index (κ1) is 21.9. The van der Waals surface area contributed by atoms with E-state index in [0.29, 0.717) is 0 Å². The highest BCUT2D eigenvalue weighted by Gasteiger charge is 2.29. The fraction of sp³-hybridized carbons (Fsp3) is 0.529. The monoisotopic (exact) mass is 386 g/mol. The lowest BCUT2D eigenvalue weighted by Gasteiger charge is -2.32. The van der Waals surface area contributed by atoms with Gasteiger partial charge in [0, 0.05) is 12.1 Å². The molecule has 8 nitrogen and oxygen atoms in total. The van der Waals surface area contributed by atoms with Gasteiger partial charge in [-0.15, -0.1) is 0 Å². The van der Waals surface area contributed by atoms with Crippen LogP contribution in [0.3, 0.4) is 0 Å². The maximum atomic E-state index is 12.6. The summed E-state index contributed by atoms with van der Waals surface area (Å²) in [5, 5.41) is 5.09. The molecule has 1 aromatic rings. The number of primary sulfonamides is 1. The van der Waals surface area contributed by atoms with Gasteiger partial charge in [-0.25, -0.2) is 18.4 Å². The molecule has 0 unspecified atom stereocenters. The molecular weight excluding hydrogens is 360 g/mol. The number of hydrogen-bond acceptors (Lipinski definition) is 6. The maximum Gasteiger partial charge on any atom is 0.342 e. The third-order valence-corrected chi connectivity index (χ3v) is 4.63. The van der Waals surface area contributed by atoms with E-state index >= 15 is 0 Å². The fourth-order valence-electron chi connectivity index (χ4n) is 2.61. The van der Waals surface area contributed by atoms with Crippen LogP contribution in [0.2, 0.25) is 0 Å². The number of rotatable bonds is 7. The van der Waals surface area contributed by atoms with Crippen LogP contribution in [-0.4, -0.2) is 50.5 Å². The van der Waals surface area contributed by atoms with Crippen molar-refractivity contribution >= 4 is 21.9 Å². The summed E-state index contributed by atoms with van der Waals surface area (Å²) in [5.41, 5.74) is -0.126. The van der Waals surface area contributed by atoms with Crippen LogP contribution in [0.15, 0.2) is 23.1 Å². The Bertz CT molecular complexity index is 765.